The van der Waals surface area contributed by atoms with E-state index in [1.54, 1.807) is 24.3 Å². The number of halogens is 3. The van der Waals surface area contributed by atoms with Gasteiger partial charge in [0, 0.05) is 37.0 Å². The third-order valence-electron chi connectivity index (χ3n) is 10.2. The molecule has 0 unspecified atom stereocenters. The van der Waals surface area contributed by atoms with Crippen LogP contribution in [0.3, 0.4) is 0 Å². The number of rotatable bonds is 6. The van der Waals surface area contributed by atoms with Crippen LogP contribution in [0.1, 0.15) is 31.7 Å². The molecule has 5 heterocycles. The molecule has 4 fully saturated rings. The maximum absolute atomic E-state index is 16.9. The molecule has 1 aromatic heterocycles. The van der Waals surface area contributed by atoms with Gasteiger partial charge in [-0.15, -0.1) is 0 Å². The highest BCUT2D eigenvalue weighted by Gasteiger charge is 2.49. The first kappa shape index (κ1) is 28.8. The van der Waals surface area contributed by atoms with E-state index in [-0.39, 0.29) is 47.3 Å². The van der Waals surface area contributed by atoms with Gasteiger partial charge >= 0.3 is 6.01 Å². The van der Waals surface area contributed by atoms with Crippen LogP contribution in [0.4, 0.5) is 19.0 Å². The van der Waals surface area contributed by atoms with Crippen LogP contribution in [0, 0.1) is 11.6 Å². The highest BCUT2D eigenvalue weighted by molar-refractivity contribution is 6.03. The largest absolute Gasteiger partial charge is 0.508 e. The van der Waals surface area contributed by atoms with Crippen LogP contribution in [-0.2, 0) is 11.2 Å². The number of aromatic nitrogens is 2. The number of morpholine rings is 1. The molecule has 4 aliphatic rings. The van der Waals surface area contributed by atoms with Gasteiger partial charge in [-0.3, -0.25) is 4.90 Å². The molecule has 8 rings (SSSR count). The summed E-state index contributed by atoms with van der Waals surface area (Å²) >= 11 is 0. The first-order valence-electron chi connectivity index (χ1n) is 15.9. The van der Waals surface area contributed by atoms with Crippen LogP contribution in [-0.4, -0.2) is 89.8 Å². The Morgan fingerprint density at radius 2 is 1.91 bits per heavy atom. The van der Waals surface area contributed by atoms with Gasteiger partial charge in [-0.05, 0) is 72.0 Å². The molecule has 2 bridgehead atoms. The van der Waals surface area contributed by atoms with Crippen LogP contribution in [0.2, 0.25) is 0 Å². The summed E-state index contributed by atoms with van der Waals surface area (Å²) < 4.78 is 58.6. The lowest BCUT2D eigenvalue weighted by Gasteiger charge is -2.47. The van der Waals surface area contributed by atoms with Gasteiger partial charge in [-0.1, -0.05) is 19.1 Å². The van der Waals surface area contributed by atoms with Gasteiger partial charge in [0.25, 0.3) is 0 Å². The third-order valence-corrected chi connectivity index (χ3v) is 10.2. The molecule has 0 aliphatic carbocycles. The molecule has 0 saturated carbocycles. The Hall–Kier alpha value is -3.67. The predicted octanol–water partition coefficient (Wildman–Crippen LogP) is 5.13. The van der Waals surface area contributed by atoms with E-state index in [2.05, 4.69) is 20.1 Å². The Labute approximate surface area is 259 Å². The number of alkyl halides is 1. The fourth-order valence-corrected chi connectivity index (χ4v) is 8.18. The van der Waals surface area contributed by atoms with Gasteiger partial charge in [0.1, 0.15) is 35.7 Å². The normalized spacial score (nSPS) is 26.6. The number of aryl methyl sites for hydroxylation is 1. The summed E-state index contributed by atoms with van der Waals surface area (Å²) in [6.45, 7) is 5.67. The van der Waals surface area contributed by atoms with E-state index in [1.165, 1.54) is 12.1 Å². The van der Waals surface area contributed by atoms with Gasteiger partial charge in [0.05, 0.1) is 30.8 Å². The zero-order chi connectivity index (χ0) is 30.9. The van der Waals surface area contributed by atoms with Crippen molar-refractivity contribution in [3.8, 4) is 22.9 Å². The fraction of sp³-hybridized carbons (Fsp3) is 0.471. The van der Waals surface area contributed by atoms with Crippen molar-refractivity contribution in [3.63, 3.8) is 0 Å². The monoisotopic (exact) mass is 619 g/mol. The van der Waals surface area contributed by atoms with Gasteiger partial charge in [-0.2, -0.15) is 9.97 Å². The molecule has 4 atom stereocenters. The van der Waals surface area contributed by atoms with Gasteiger partial charge in [0.2, 0.25) is 0 Å². The van der Waals surface area contributed by atoms with Crippen molar-refractivity contribution in [3.05, 3.63) is 53.6 Å². The van der Waals surface area contributed by atoms with Crippen LogP contribution in [0.15, 0.2) is 36.4 Å². The highest BCUT2D eigenvalue weighted by Crippen LogP contribution is 2.43. The molecule has 4 aliphatic heterocycles. The van der Waals surface area contributed by atoms with E-state index < -0.39 is 17.5 Å². The second-order valence-electron chi connectivity index (χ2n) is 12.9. The van der Waals surface area contributed by atoms with Crippen LogP contribution in [0.5, 0.6) is 11.8 Å². The smallest absolute Gasteiger partial charge is 0.319 e. The van der Waals surface area contributed by atoms with E-state index in [0.717, 1.165) is 19.4 Å². The van der Waals surface area contributed by atoms with E-state index in [9.17, 15) is 13.9 Å². The number of ether oxygens (including phenoxy) is 2. The molecule has 0 amide bonds. The minimum Gasteiger partial charge on any atom is -0.508 e. The van der Waals surface area contributed by atoms with Crippen molar-refractivity contribution in [1.82, 2.24) is 20.2 Å². The zero-order valence-electron chi connectivity index (χ0n) is 25.2. The predicted molar refractivity (Wildman–Crippen MR) is 166 cm³/mol. The maximum atomic E-state index is 16.9. The fourth-order valence-electron chi connectivity index (χ4n) is 8.18. The standard InChI is InChI=1S/C34H36F3N5O3/c1-2-24-28(36)7-4-19-10-23(43)11-27(29(19)24)25-5-6-26-31(30(25)37)39-33(45-18-34-8-3-9-41(34)15-20(35)12-34)40-32(26)42-21-13-38-14-22(42)17-44-16-21/h4-7,10-11,20-22,38,43H,2-3,8-9,12-18H2,1H3/t20-,21-,22+,34+/m1/s1. The zero-order valence-corrected chi connectivity index (χ0v) is 25.2. The Balaban J connectivity index is 1.29. The van der Waals surface area contributed by atoms with Gasteiger partial charge in [0.15, 0.2) is 5.82 Å². The SMILES string of the molecule is CCc1c(F)ccc2cc(O)cc(-c3ccc4c(N5[C@@H]6CNC[C@H]5COC6)nc(OC[C@@]56CCCN5C[C@H](F)C6)nc4c3F)c12. The average molecular weight is 620 g/mol. The first-order chi connectivity index (χ1) is 21.8. The molecular weight excluding hydrogens is 583 g/mol. The molecular formula is C34H36F3N5O3. The van der Waals surface area contributed by atoms with E-state index in [0.29, 0.717) is 78.8 Å². The van der Waals surface area contributed by atoms with E-state index >= 15 is 4.39 Å². The highest BCUT2D eigenvalue weighted by atomic mass is 19.1. The number of hydrogen-bond acceptors (Lipinski definition) is 8. The van der Waals surface area contributed by atoms with Crippen LogP contribution in [0.25, 0.3) is 32.8 Å². The molecule has 8 nitrogen and oxygen atoms in total. The van der Waals surface area contributed by atoms with Gasteiger partial charge in [-0.25, -0.2) is 13.2 Å². The lowest BCUT2D eigenvalue weighted by Crippen LogP contribution is -2.64. The summed E-state index contributed by atoms with van der Waals surface area (Å²) in [5, 5.41) is 15.8. The second kappa shape index (κ2) is 11.0. The van der Waals surface area contributed by atoms with Crippen molar-refractivity contribution >= 4 is 27.5 Å². The van der Waals surface area contributed by atoms with Crippen molar-refractivity contribution < 1.29 is 27.8 Å². The molecule has 0 radical (unpaired) electrons. The Bertz CT molecular complexity index is 1790. The minimum atomic E-state index is -0.905. The van der Waals surface area contributed by atoms with E-state index in [1.807, 2.05) is 6.92 Å². The number of phenolic OH excluding ortho intramolecular Hbond substituents is 1. The molecule has 11 heteroatoms. The van der Waals surface area contributed by atoms with Crippen molar-refractivity contribution in [2.45, 2.75) is 56.4 Å². The number of benzene rings is 3. The Morgan fingerprint density at radius 3 is 2.71 bits per heavy atom. The summed E-state index contributed by atoms with van der Waals surface area (Å²) in [4.78, 5) is 13.9. The summed E-state index contributed by atoms with van der Waals surface area (Å²) in [6.07, 6.45) is 1.68. The molecule has 3 aromatic carbocycles. The van der Waals surface area contributed by atoms with Crippen LogP contribution < -0.4 is 15.0 Å². The minimum absolute atomic E-state index is 0.0117. The second-order valence-corrected chi connectivity index (χ2v) is 12.9. The quantitative estimate of drug-likeness (QED) is 0.308. The number of fused-ring (bicyclic) bond motifs is 5. The lowest BCUT2D eigenvalue weighted by atomic mass is 9.92. The third kappa shape index (κ3) is 4.70. The summed E-state index contributed by atoms with van der Waals surface area (Å²) in [5.41, 5.74) is 0.687. The van der Waals surface area contributed by atoms with Crippen molar-refractivity contribution in [2.24, 2.45) is 0 Å². The summed E-state index contributed by atoms with van der Waals surface area (Å²) in [6, 6.07) is 9.48. The van der Waals surface area contributed by atoms with Gasteiger partial charge < -0.3 is 24.8 Å². The molecule has 45 heavy (non-hydrogen) atoms. The Kier molecular flexibility index (Phi) is 7.03. The van der Waals surface area contributed by atoms with E-state index in [4.69, 9.17) is 14.5 Å². The number of piperazine rings is 1. The molecule has 0 spiro atoms. The number of anilines is 1. The maximum Gasteiger partial charge on any atom is 0.319 e. The summed E-state index contributed by atoms with van der Waals surface area (Å²) in [5.74, 6) is -0.471. The Morgan fingerprint density at radius 1 is 1.09 bits per heavy atom. The number of phenols is 1. The molecule has 236 valence electrons. The number of aromatic hydroxyl groups is 1. The van der Waals surface area contributed by atoms with Crippen molar-refractivity contribution in [2.75, 3.05) is 50.9 Å². The van der Waals surface area contributed by atoms with Crippen LogP contribution >= 0.6 is 0 Å². The number of nitrogens with one attached hydrogen (secondary N) is 1. The first-order valence-corrected chi connectivity index (χ1v) is 15.9. The average Bonchev–Trinajstić information content (AvgIpc) is 3.55. The summed E-state index contributed by atoms with van der Waals surface area (Å²) in [7, 11) is 0. The molecule has 2 N–H and O–H groups in total. The molecule has 4 saturated heterocycles. The number of nitrogens with zero attached hydrogens (tertiary/aromatic N) is 4. The lowest BCUT2D eigenvalue weighted by molar-refractivity contribution is 0.0522. The number of hydrogen-bond donors (Lipinski definition) is 2. The topological polar surface area (TPSA) is 83.0 Å². The molecule has 4 aromatic rings. The van der Waals surface area contributed by atoms with Crippen molar-refractivity contribution in [1.29, 1.82) is 0 Å².